The molecule has 0 bridgehead atoms. The first-order valence-corrected chi connectivity index (χ1v) is 7.33. The Hall–Kier alpha value is -0.630. The minimum atomic E-state index is -3.79. The lowest BCUT2D eigenvalue weighted by Crippen LogP contribution is -2.20. The predicted molar refractivity (Wildman–Crippen MR) is 69.8 cm³/mol. The lowest BCUT2D eigenvalue weighted by atomic mass is 10.3. The lowest BCUT2D eigenvalue weighted by molar-refractivity contribution is -0.115. The topological polar surface area (TPSA) is 89.3 Å². The van der Waals surface area contributed by atoms with E-state index in [1.165, 1.54) is 18.2 Å². The number of amides is 1. The minimum absolute atomic E-state index is 0.104. The third-order valence-electron chi connectivity index (χ3n) is 1.89. The summed E-state index contributed by atoms with van der Waals surface area (Å²) in [6, 6.07) is 3.84. The summed E-state index contributed by atoms with van der Waals surface area (Å²) >= 11 is 8.93. The van der Waals surface area contributed by atoms with Gasteiger partial charge in [-0.25, -0.2) is 13.6 Å². The van der Waals surface area contributed by atoms with Gasteiger partial charge in [-0.3, -0.25) is 4.79 Å². The number of nitrogens with one attached hydrogen (secondary N) is 1. The quantitative estimate of drug-likeness (QED) is 0.820. The highest BCUT2D eigenvalue weighted by Crippen LogP contribution is 2.25. The maximum absolute atomic E-state index is 11.4. The molecule has 94 valence electrons. The Morgan fingerprint density at radius 1 is 1.53 bits per heavy atom. The zero-order chi connectivity index (χ0) is 13.2. The second-order valence-electron chi connectivity index (χ2n) is 3.29. The summed E-state index contributed by atoms with van der Waals surface area (Å²) in [5.74, 6) is -0.282. The molecule has 1 unspecified atom stereocenters. The van der Waals surface area contributed by atoms with Crippen LogP contribution in [0.4, 0.5) is 5.69 Å². The van der Waals surface area contributed by atoms with Crippen molar-refractivity contribution in [2.45, 2.75) is 16.6 Å². The molecule has 0 fully saturated rings. The van der Waals surface area contributed by atoms with Crippen LogP contribution >= 0.6 is 27.5 Å². The molecule has 1 aromatic carbocycles. The average molecular weight is 342 g/mol. The van der Waals surface area contributed by atoms with Crippen LogP contribution in [0.15, 0.2) is 23.1 Å². The molecule has 0 aliphatic heterocycles. The van der Waals surface area contributed by atoms with Gasteiger partial charge in [0.05, 0.1) is 20.4 Å². The number of carbonyl (C=O) groups excluding carboxylic acids is 1. The van der Waals surface area contributed by atoms with Gasteiger partial charge < -0.3 is 5.32 Å². The Bertz CT molecular complexity index is 545. The summed E-state index contributed by atoms with van der Waals surface area (Å²) in [5, 5.41) is 7.59. The Morgan fingerprint density at radius 2 is 2.12 bits per heavy atom. The van der Waals surface area contributed by atoms with E-state index in [4.69, 9.17) is 16.7 Å². The molecule has 0 heterocycles. The second-order valence-corrected chi connectivity index (χ2v) is 6.63. The van der Waals surface area contributed by atoms with Crippen molar-refractivity contribution >= 4 is 49.1 Å². The van der Waals surface area contributed by atoms with Gasteiger partial charge in [-0.05, 0) is 25.1 Å². The number of nitrogens with two attached hydrogens (primary N) is 1. The van der Waals surface area contributed by atoms with Gasteiger partial charge in [-0.15, -0.1) is 0 Å². The predicted octanol–water partition coefficient (Wildman–Crippen LogP) is 1.71. The lowest BCUT2D eigenvalue weighted by Gasteiger charge is -2.09. The summed E-state index contributed by atoms with van der Waals surface area (Å²) in [6.45, 7) is 1.65. The molecule has 0 saturated carbocycles. The number of anilines is 1. The van der Waals surface area contributed by atoms with E-state index in [9.17, 15) is 13.2 Å². The summed E-state index contributed by atoms with van der Waals surface area (Å²) < 4.78 is 22.1. The smallest absolute Gasteiger partial charge is 0.238 e. The standard InChI is InChI=1S/C9H10BrClN2O3S/c1-5(10)9(14)13-8-3-2-6(4-7(8)11)17(12,15)16/h2-5H,1H3,(H,13,14)(H2,12,15,16). The van der Waals surface area contributed by atoms with E-state index in [0.29, 0.717) is 5.69 Å². The van der Waals surface area contributed by atoms with Gasteiger partial charge in [0.2, 0.25) is 15.9 Å². The van der Waals surface area contributed by atoms with E-state index >= 15 is 0 Å². The van der Waals surface area contributed by atoms with Crippen LogP contribution in [0.25, 0.3) is 0 Å². The van der Waals surface area contributed by atoms with Crippen LogP contribution in [0, 0.1) is 0 Å². The Balaban J connectivity index is 3.03. The van der Waals surface area contributed by atoms with Crippen molar-refractivity contribution in [3.05, 3.63) is 23.2 Å². The maximum Gasteiger partial charge on any atom is 0.238 e. The van der Waals surface area contributed by atoms with E-state index < -0.39 is 10.0 Å². The monoisotopic (exact) mass is 340 g/mol. The molecule has 8 heteroatoms. The molecular formula is C9H10BrClN2O3S. The molecule has 17 heavy (non-hydrogen) atoms. The zero-order valence-corrected chi connectivity index (χ0v) is 11.9. The first-order valence-electron chi connectivity index (χ1n) is 4.49. The molecule has 1 rings (SSSR count). The number of primary sulfonamides is 1. The van der Waals surface area contributed by atoms with Crippen molar-refractivity contribution in [3.63, 3.8) is 0 Å². The highest BCUT2D eigenvalue weighted by atomic mass is 79.9. The number of hydrogen-bond donors (Lipinski definition) is 2. The van der Waals surface area contributed by atoms with Crippen molar-refractivity contribution in [1.29, 1.82) is 0 Å². The van der Waals surface area contributed by atoms with Gasteiger partial charge >= 0.3 is 0 Å². The number of halogens is 2. The largest absolute Gasteiger partial charge is 0.324 e. The molecule has 5 nitrogen and oxygen atoms in total. The van der Waals surface area contributed by atoms with Crippen molar-refractivity contribution in [1.82, 2.24) is 0 Å². The van der Waals surface area contributed by atoms with E-state index in [0.717, 1.165) is 0 Å². The number of rotatable bonds is 3. The average Bonchev–Trinajstić information content (AvgIpc) is 2.19. The van der Waals surface area contributed by atoms with Crippen LogP contribution in [0.5, 0.6) is 0 Å². The third-order valence-corrected chi connectivity index (χ3v) is 3.53. The van der Waals surface area contributed by atoms with Gasteiger partial charge in [0.25, 0.3) is 0 Å². The summed E-state index contributed by atoms with van der Waals surface area (Å²) in [7, 11) is -3.79. The van der Waals surface area contributed by atoms with Crippen LogP contribution in [-0.4, -0.2) is 19.2 Å². The fourth-order valence-electron chi connectivity index (χ4n) is 1.01. The highest BCUT2D eigenvalue weighted by molar-refractivity contribution is 9.10. The van der Waals surface area contributed by atoms with E-state index in [1.807, 2.05) is 0 Å². The van der Waals surface area contributed by atoms with Crippen molar-refractivity contribution < 1.29 is 13.2 Å². The highest BCUT2D eigenvalue weighted by Gasteiger charge is 2.14. The number of carbonyl (C=O) groups is 1. The first kappa shape index (κ1) is 14.4. The van der Waals surface area contributed by atoms with Gasteiger partial charge in [-0.1, -0.05) is 27.5 Å². The van der Waals surface area contributed by atoms with Gasteiger partial charge in [0, 0.05) is 0 Å². The molecule has 3 N–H and O–H groups in total. The third kappa shape index (κ3) is 3.95. The maximum atomic E-state index is 11.4. The number of hydrogen-bond acceptors (Lipinski definition) is 3. The van der Waals surface area contributed by atoms with Gasteiger partial charge in [-0.2, -0.15) is 0 Å². The first-order chi connectivity index (χ1) is 7.71. The van der Waals surface area contributed by atoms with Crippen molar-refractivity contribution in [3.8, 4) is 0 Å². The van der Waals surface area contributed by atoms with Crippen LogP contribution in [0.3, 0.4) is 0 Å². The summed E-state index contributed by atoms with van der Waals surface area (Å²) in [4.78, 5) is 10.9. The number of alkyl halides is 1. The molecule has 0 aliphatic carbocycles. The van der Waals surface area contributed by atoms with Crippen LogP contribution in [0.2, 0.25) is 5.02 Å². The van der Waals surface area contributed by atoms with E-state index in [2.05, 4.69) is 21.2 Å². The molecule has 0 radical (unpaired) electrons. The zero-order valence-electron chi connectivity index (χ0n) is 8.78. The fourth-order valence-corrected chi connectivity index (χ4v) is 1.95. The second kappa shape index (κ2) is 5.34. The normalized spacial score (nSPS) is 13.2. The van der Waals surface area contributed by atoms with E-state index in [-0.39, 0.29) is 20.7 Å². The molecule has 1 aromatic rings. The molecular weight excluding hydrogens is 332 g/mol. The molecule has 0 saturated heterocycles. The molecule has 0 spiro atoms. The summed E-state index contributed by atoms with van der Waals surface area (Å²) in [5.41, 5.74) is 0.329. The Labute approximate surface area is 113 Å². The molecule has 0 aromatic heterocycles. The van der Waals surface area contributed by atoms with Crippen LogP contribution < -0.4 is 10.5 Å². The molecule has 1 atom stereocenters. The Morgan fingerprint density at radius 3 is 2.53 bits per heavy atom. The molecule has 0 aliphatic rings. The molecule has 1 amide bonds. The number of sulfonamides is 1. The van der Waals surface area contributed by atoms with Crippen molar-refractivity contribution in [2.24, 2.45) is 5.14 Å². The van der Waals surface area contributed by atoms with Gasteiger partial charge in [0.1, 0.15) is 0 Å². The van der Waals surface area contributed by atoms with E-state index in [1.54, 1.807) is 6.92 Å². The summed E-state index contributed by atoms with van der Waals surface area (Å²) in [6.07, 6.45) is 0. The van der Waals surface area contributed by atoms with Crippen LogP contribution in [-0.2, 0) is 14.8 Å². The SMILES string of the molecule is CC(Br)C(=O)Nc1ccc(S(N)(=O)=O)cc1Cl. The number of benzene rings is 1. The van der Waals surface area contributed by atoms with Gasteiger partial charge in [0.15, 0.2) is 0 Å². The van der Waals surface area contributed by atoms with Crippen molar-refractivity contribution in [2.75, 3.05) is 5.32 Å². The van der Waals surface area contributed by atoms with Crippen LogP contribution in [0.1, 0.15) is 6.92 Å². The minimum Gasteiger partial charge on any atom is -0.324 e. The fraction of sp³-hybridized carbons (Fsp3) is 0.222. The Kier molecular flexibility index (Phi) is 4.54.